The van der Waals surface area contributed by atoms with E-state index in [0.717, 1.165) is 74.4 Å². The highest BCUT2D eigenvalue weighted by Gasteiger charge is 2.38. The Hall–Kier alpha value is -1.69. The number of aromatic nitrogens is 1. The highest BCUT2D eigenvalue weighted by molar-refractivity contribution is 5.84. The van der Waals surface area contributed by atoms with Crippen molar-refractivity contribution in [2.45, 2.75) is 44.2 Å². The molecule has 4 rings (SSSR count). The lowest BCUT2D eigenvalue weighted by Crippen LogP contribution is -2.50. The van der Waals surface area contributed by atoms with Crippen LogP contribution >= 0.6 is 0 Å². The van der Waals surface area contributed by atoms with Crippen LogP contribution in [0.4, 0.5) is 0 Å². The first-order chi connectivity index (χ1) is 12.7. The van der Waals surface area contributed by atoms with Gasteiger partial charge >= 0.3 is 0 Å². The van der Waals surface area contributed by atoms with Crippen molar-refractivity contribution in [3.05, 3.63) is 36.0 Å². The SMILES string of the molecule is Cc1ccc2cccc(OCCN[C@H]3CCOC4(CCOCC4)C3)c2n1. The Morgan fingerprint density at radius 2 is 2.08 bits per heavy atom. The maximum atomic E-state index is 6.11. The summed E-state index contributed by atoms with van der Waals surface area (Å²) in [5, 5.41) is 4.77. The van der Waals surface area contributed by atoms with Gasteiger partial charge in [0.1, 0.15) is 17.9 Å². The summed E-state index contributed by atoms with van der Waals surface area (Å²) in [6.45, 7) is 5.97. The van der Waals surface area contributed by atoms with Crippen molar-refractivity contribution in [2.75, 3.05) is 33.0 Å². The molecule has 2 aromatic rings. The van der Waals surface area contributed by atoms with Gasteiger partial charge in [-0.3, -0.25) is 0 Å². The highest BCUT2D eigenvalue weighted by Crippen LogP contribution is 2.34. The summed E-state index contributed by atoms with van der Waals surface area (Å²) < 4.78 is 17.6. The zero-order valence-electron chi connectivity index (χ0n) is 15.5. The van der Waals surface area contributed by atoms with E-state index >= 15 is 0 Å². The van der Waals surface area contributed by atoms with Crippen LogP contribution < -0.4 is 10.1 Å². The number of hydrogen-bond acceptors (Lipinski definition) is 5. The molecular formula is C21H28N2O3. The van der Waals surface area contributed by atoms with Gasteiger partial charge in [0.25, 0.3) is 0 Å². The lowest BCUT2D eigenvalue weighted by atomic mass is 9.84. The van der Waals surface area contributed by atoms with Crippen molar-refractivity contribution in [3.63, 3.8) is 0 Å². The van der Waals surface area contributed by atoms with Gasteiger partial charge in [-0.2, -0.15) is 0 Å². The van der Waals surface area contributed by atoms with Gasteiger partial charge in [-0.1, -0.05) is 18.2 Å². The van der Waals surface area contributed by atoms with Crippen LogP contribution in [0, 0.1) is 6.92 Å². The highest BCUT2D eigenvalue weighted by atomic mass is 16.5. The van der Waals surface area contributed by atoms with E-state index in [2.05, 4.69) is 22.4 Å². The molecule has 2 aliphatic heterocycles. The van der Waals surface area contributed by atoms with Crippen molar-refractivity contribution in [3.8, 4) is 5.75 Å². The lowest BCUT2D eigenvalue weighted by molar-refractivity contribution is -0.140. The summed E-state index contributed by atoms with van der Waals surface area (Å²) in [6.07, 6.45) is 4.18. The van der Waals surface area contributed by atoms with E-state index in [9.17, 15) is 0 Å². The van der Waals surface area contributed by atoms with Crippen LogP contribution in [0.15, 0.2) is 30.3 Å². The van der Waals surface area contributed by atoms with Gasteiger partial charge in [0, 0.05) is 43.5 Å². The summed E-state index contributed by atoms with van der Waals surface area (Å²) in [6, 6.07) is 10.7. The molecule has 0 aliphatic carbocycles. The Morgan fingerprint density at radius 1 is 1.19 bits per heavy atom. The van der Waals surface area contributed by atoms with Crippen LogP contribution in [-0.4, -0.2) is 49.6 Å². The van der Waals surface area contributed by atoms with E-state index in [-0.39, 0.29) is 5.60 Å². The van der Waals surface area contributed by atoms with Crippen LogP contribution in [0.5, 0.6) is 5.75 Å². The van der Waals surface area contributed by atoms with E-state index in [1.165, 1.54) is 0 Å². The molecule has 2 fully saturated rings. The average molecular weight is 356 g/mol. The molecule has 3 heterocycles. The van der Waals surface area contributed by atoms with E-state index in [4.69, 9.17) is 14.2 Å². The molecule has 2 aliphatic rings. The molecular weight excluding hydrogens is 328 g/mol. The van der Waals surface area contributed by atoms with E-state index < -0.39 is 0 Å². The first-order valence-electron chi connectivity index (χ1n) is 9.68. The number of benzene rings is 1. The zero-order valence-corrected chi connectivity index (χ0v) is 15.5. The van der Waals surface area contributed by atoms with Crippen LogP contribution in [0.2, 0.25) is 0 Å². The van der Waals surface area contributed by atoms with Gasteiger partial charge in [-0.15, -0.1) is 0 Å². The van der Waals surface area contributed by atoms with Crippen molar-refractivity contribution in [1.29, 1.82) is 0 Å². The second-order valence-corrected chi connectivity index (χ2v) is 7.42. The number of hydrogen-bond donors (Lipinski definition) is 1. The zero-order chi connectivity index (χ0) is 17.8. The third-order valence-electron chi connectivity index (χ3n) is 5.51. The number of fused-ring (bicyclic) bond motifs is 1. The smallest absolute Gasteiger partial charge is 0.145 e. The third-order valence-corrected chi connectivity index (χ3v) is 5.51. The number of para-hydroxylation sites is 1. The molecule has 0 amide bonds. The van der Waals surface area contributed by atoms with Gasteiger partial charge in [-0.05, 0) is 44.7 Å². The second kappa shape index (κ2) is 7.91. The molecule has 140 valence electrons. The summed E-state index contributed by atoms with van der Waals surface area (Å²) in [4.78, 5) is 4.63. The van der Waals surface area contributed by atoms with Crippen molar-refractivity contribution in [1.82, 2.24) is 10.3 Å². The first-order valence-corrected chi connectivity index (χ1v) is 9.68. The summed E-state index contributed by atoms with van der Waals surface area (Å²) in [5.74, 6) is 0.862. The largest absolute Gasteiger partial charge is 0.490 e. The fourth-order valence-corrected chi connectivity index (χ4v) is 4.05. The molecule has 5 nitrogen and oxygen atoms in total. The minimum absolute atomic E-state index is 0.0338. The average Bonchev–Trinajstić information content (AvgIpc) is 2.66. The van der Waals surface area contributed by atoms with Crippen LogP contribution in [-0.2, 0) is 9.47 Å². The number of aryl methyl sites for hydroxylation is 1. The van der Waals surface area contributed by atoms with Gasteiger partial charge < -0.3 is 19.5 Å². The topological polar surface area (TPSA) is 52.6 Å². The molecule has 1 N–H and O–H groups in total. The lowest BCUT2D eigenvalue weighted by Gasteiger charge is -2.43. The Bertz CT molecular complexity index is 738. The Balaban J connectivity index is 1.29. The molecule has 0 radical (unpaired) electrons. The van der Waals surface area contributed by atoms with Crippen molar-refractivity contribution >= 4 is 10.9 Å². The second-order valence-electron chi connectivity index (χ2n) is 7.42. The number of pyridine rings is 1. The van der Waals surface area contributed by atoms with Crippen molar-refractivity contribution in [2.24, 2.45) is 0 Å². The van der Waals surface area contributed by atoms with Gasteiger partial charge in [0.05, 0.1) is 5.60 Å². The van der Waals surface area contributed by atoms with Crippen molar-refractivity contribution < 1.29 is 14.2 Å². The summed E-state index contributed by atoms with van der Waals surface area (Å²) in [7, 11) is 0. The fraction of sp³-hybridized carbons (Fsp3) is 0.571. The molecule has 26 heavy (non-hydrogen) atoms. The molecule has 0 saturated carbocycles. The third kappa shape index (κ3) is 4.00. The maximum absolute atomic E-state index is 6.11. The molecule has 5 heteroatoms. The predicted molar refractivity (Wildman–Crippen MR) is 102 cm³/mol. The van der Waals surface area contributed by atoms with Crippen LogP contribution in [0.25, 0.3) is 10.9 Å². The van der Waals surface area contributed by atoms with Gasteiger partial charge in [0.2, 0.25) is 0 Å². The minimum Gasteiger partial charge on any atom is -0.490 e. The molecule has 1 spiro atoms. The quantitative estimate of drug-likeness (QED) is 0.834. The normalized spacial score (nSPS) is 22.6. The number of rotatable bonds is 5. The molecule has 0 unspecified atom stereocenters. The number of ether oxygens (including phenoxy) is 3. The maximum Gasteiger partial charge on any atom is 0.145 e. The Kier molecular flexibility index (Phi) is 5.38. The number of nitrogens with one attached hydrogen (secondary N) is 1. The molecule has 0 bridgehead atoms. The predicted octanol–water partition coefficient (Wildman–Crippen LogP) is 3.24. The van der Waals surface area contributed by atoms with Crippen LogP contribution in [0.1, 0.15) is 31.4 Å². The summed E-state index contributed by atoms with van der Waals surface area (Å²) >= 11 is 0. The molecule has 2 saturated heterocycles. The number of nitrogens with zero attached hydrogens (tertiary/aromatic N) is 1. The summed E-state index contributed by atoms with van der Waals surface area (Å²) in [5.41, 5.74) is 1.99. The fourth-order valence-electron chi connectivity index (χ4n) is 4.05. The Morgan fingerprint density at radius 3 is 2.96 bits per heavy atom. The van der Waals surface area contributed by atoms with Crippen LogP contribution in [0.3, 0.4) is 0 Å². The van der Waals surface area contributed by atoms with E-state index in [1.54, 1.807) is 0 Å². The molecule has 1 aromatic carbocycles. The van der Waals surface area contributed by atoms with E-state index in [1.807, 2.05) is 25.1 Å². The molecule has 1 atom stereocenters. The monoisotopic (exact) mass is 356 g/mol. The minimum atomic E-state index is 0.0338. The van der Waals surface area contributed by atoms with Gasteiger partial charge in [0.15, 0.2) is 0 Å². The van der Waals surface area contributed by atoms with Gasteiger partial charge in [-0.25, -0.2) is 4.98 Å². The Labute approximate surface area is 155 Å². The molecule has 1 aromatic heterocycles. The first kappa shape index (κ1) is 17.7. The van der Waals surface area contributed by atoms with E-state index in [0.29, 0.717) is 12.6 Å². The standard InChI is InChI=1S/C21H28N2O3/c1-16-5-6-17-3-2-4-19(20(17)23-16)25-14-10-22-18-7-11-26-21(15-18)8-12-24-13-9-21/h2-6,18,22H,7-15H2,1H3/t18-/m0/s1.